The van der Waals surface area contributed by atoms with Crippen molar-refractivity contribution in [1.82, 2.24) is 5.16 Å². The Bertz CT molecular complexity index is 1470. The number of benzene rings is 2. The van der Waals surface area contributed by atoms with Gasteiger partial charge in [0.1, 0.15) is 17.6 Å². The molecule has 188 valence electrons. The number of methoxy groups -OCH3 is 2. The molecule has 1 aromatic heterocycles. The highest BCUT2D eigenvalue weighted by Crippen LogP contribution is 2.59. The van der Waals surface area contributed by atoms with E-state index in [0.717, 1.165) is 24.0 Å². The van der Waals surface area contributed by atoms with E-state index in [-0.39, 0.29) is 33.5 Å². The van der Waals surface area contributed by atoms with Crippen LogP contribution in [0, 0.1) is 0 Å². The van der Waals surface area contributed by atoms with Crippen molar-refractivity contribution >= 4 is 27.4 Å². The van der Waals surface area contributed by atoms with E-state index < -0.39 is 16.1 Å². The molecule has 1 amide bonds. The molecule has 0 bridgehead atoms. The van der Waals surface area contributed by atoms with Crippen molar-refractivity contribution in [1.29, 1.82) is 0 Å². The fraction of sp³-hybridized carbons (Fsp3) is 0.360. The molecular weight excluding hydrogens is 486 g/mol. The van der Waals surface area contributed by atoms with Crippen LogP contribution in [-0.2, 0) is 26.7 Å². The number of aliphatic hydroxyl groups excluding tert-OH is 1. The molecule has 3 aromatic rings. The van der Waals surface area contributed by atoms with Gasteiger partial charge in [-0.2, -0.15) is 0 Å². The first-order chi connectivity index (χ1) is 17.3. The highest BCUT2D eigenvalue weighted by molar-refractivity contribution is 7.93. The van der Waals surface area contributed by atoms with Gasteiger partial charge in [-0.05, 0) is 49.1 Å². The second-order valence-corrected chi connectivity index (χ2v) is 11.0. The van der Waals surface area contributed by atoms with Gasteiger partial charge in [-0.3, -0.25) is 9.52 Å². The highest BCUT2D eigenvalue weighted by atomic mass is 32.2. The number of hydrogen-bond donors (Lipinski definition) is 2. The first-order valence-corrected chi connectivity index (χ1v) is 13.1. The number of fused-ring (bicyclic) bond motifs is 4. The minimum absolute atomic E-state index is 0.118. The lowest BCUT2D eigenvalue weighted by Gasteiger charge is -2.26. The van der Waals surface area contributed by atoms with Gasteiger partial charge in [0.2, 0.25) is 0 Å². The van der Waals surface area contributed by atoms with Crippen molar-refractivity contribution in [3.8, 4) is 22.8 Å². The third-order valence-electron chi connectivity index (χ3n) is 7.35. The molecule has 1 aliphatic heterocycles. The molecule has 10 nitrogen and oxygen atoms in total. The van der Waals surface area contributed by atoms with Crippen molar-refractivity contribution in [3.05, 3.63) is 47.5 Å². The topological polar surface area (TPSA) is 131 Å². The van der Waals surface area contributed by atoms with Gasteiger partial charge >= 0.3 is 0 Å². The number of anilines is 2. The number of aliphatic hydroxyl groups is 1. The predicted molar refractivity (Wildman–Crippen MR) is 130 cm³/mol. The highest BCUT2D eigenvalue weighted by Gasteiger charge is 2.51. The third-order valence-corrected chi connectivity index (χ3v) is 8.75. The number of sulfonamides is 1. The molecule has 36 heavy (non-hydrogen) atoms. The van der Waals surface area contributed by atoms with Crippen molar-refractivity contribution in [3.63, 3.8) is 0 Å². The maximum Gasteiger partial charge on any atom is 0.270 e. The number of rotatable bonds is 6. The van der Waals surface area contributed by atoms with E-state index in [1.54, 1.807) is 23.1 Å². The first-order valence-electron chi connectivity index (χ1n) is 11.6. The third kappa shape index (κ3) is 3.37. The van der Waals surface area contributed by atoms with E-state index in [9.17, 15) is 18.3 Å². The van der Waals surface area contributed by atoms with E-state index in [4.69, 9.17) is 14.0 Å². The quantitative estimate of drug-likeness (QED) is 0.517. The molecule has 3 aliphatic rings. The number of hydrogen-bond acceptors (Lipinski definition) is 8. The van der Waals surface area contributed by atoms with Gasteiger partial charge < -0.3 is 24.0 Å². The van der Waals surface area contributed by atoms with E-state index in [1.807, 2.05) is 18.2 Å². The summed E-state index contributed by atoms with van der Waals surface area (Å²) < 4.78 is 45.7. The largest absolute Gasteiger partial charge is 0.495 e. The zero-order valence-electron chi connectivity index (χ0n) is 19.8. The molecule has 2 fully saturated rings. The summed E-state index contributed by atoms with van der Waals surface area (Å²) in [6, 6.07) is 10.5. The summed E-state index contributed by atoms with van der Waals surface area (Å²) in [5.41, 5.74) is 3.10. The molecule has 0 unspecified atom stereocenters. The number of nitrogens with one attached hydrogen (secondary N) is 1. The lowest BCUT2D eigenvalue weighted by molar-refractivity contribution is -0.123. The molecule has 1 spiro atoms. The van der Waals surface area contributed by atoms with Crippen molar-refractivity contribution in [2.45, 2.75) is 42.1 Å². The number of carbonyl (C=O) groups is 1. The Kier molecular flexibility index (Phi) is 5.06. The Morgan fingerprint density at radius 1 is 1.17 bits per heavy atom. The van der Waals surface area contributed by atoms with Crippen molar-refractivity contribution in [2.75, 3.05) is 30.4 Å². The lowest BCUT2D eigenvalue weighted by atomic mass is 9.79. The van der Waals surface area contributed by atoms with Gasteiger partial charge in [0.25, 0.3) is 15.9 Å². The van der Waals surface area contributed by atoms with E-state index in [1.165, 1.54) is 14.2 Å². The fourth-order valence-corrected chi connectivity index (χ4v) is 6.68. The molecule has 0 radical (unpaired) electrons. The van der Waals surface area contributed by atoms with Gasteiger partial charge in [-0.1, -0.05) is 17.3 Å². The van der Waals surface area contributed by atoms with Crippen LogP contribution >= 0.6 is 0 Å². The van der Waals surface area contributed by atoms with Gasteiger partial charge in [-0.25, -0.2) is 8.42 Å². The van der Waals surface area contributed by atoms with Crippen LogP contribution in [0.25, 0.3) is 11.3 Å². The van der Waals surface area contributed by atoms with Crippen LogP contribution in [0.3, 0.4) is 0 Å². The summed E-state index contributed by atoms with van der Waals surface area (Å²) in [5, 5.41) is 14.0. The number of nitrogens with zero attached hydrogens (tertiary/aromatic N) is 2. The van der Waals surface area contributed by atoms with Crippen molar-refractivity contribution in [2.24, 2.45) is 0 Å². The Morgan fingerprint density at radius 3 is 2.50 bits per heavy atom. The number of ether oxygens (including phenoxy) is 2. The summed E-state index contributed by atoms with van der Waals surface area (Å²) in [5.74, 6) is 0.550. The smallest absolute Gasteiger partial charge is 0.270 e. The average molecular weight is 512 g/mol. The maximum absolute atomic E-state index is 13.4. The van der Waals surface area contributed by atoms with E-state index in [0.29, 0.717) is 36.4 Å². The van der Waals surface area contributed by atoms with Crippen LogP contribution < -0.4 is 19.1 Å². The fourth-order valence-electron chi connectivity index (χ4n) is 5.33. The zero-order valence-corrected chi connectivity index (χ0v) is 20.6. The summed E-state index contributed by atoms with van der Waals surface area (Å²) in [4.78, 5) is 13.8. The van der Waals surface area contributed by atoms with E-state index >= 15 is 0 Å². The molecule has 2 heterocycles. The molecule has 6 rings (SSSR count). The normalized spacial score (nSPS) is 19.7. The van der Waals surface area contributed by atoms with Gasteiger partial charge in [0.15, 0.2) is 16.5 Å². The molecule has 1 saturated carbocycles. The number of carbonyl (C=O) groups excluding carboxylic acids is 1. The molecule has 2 N–H and O–H groups in total. The molecule has 2 aliphatic carbocycles. The Labute approximate surface area is 207 Å². The first kappa shape index (κ1) is 22.9. The van der Waals surface area contributed by atoms with Crippen LogP contribution in [-0.4, -0.2) is 51.5 Å². The lowest BCUT2D eigenvalue weighted by Crippen LogP contribution is -2.29. The summed E-state index contributed by atoms with van der Waals surface area (Å²) in [6.45, 7) is 0.430. The van der Waals surface area contributed by atoms with Crippen LogP contribution in [0.1, 0.15) is 30.4 Å². The molecule has 2 aromatic carbocycles. The van der Waals surface area contributed by atoms with E-state index in [2.05, 4.69) is 9.88 Å². The maximum atomic E-state index is 13.4. The standard InChI is InChI=1S/C25H25N3O7S/c1-33-19-4-3-5-20(34-2)22(19)36(31,32)27-23-16-13-25(9-10-25)17-7-6-14(12-15(17)21(16)35-26-23)28-11-8-18(29)24(28)30/h3-7,12,18,29H,8-11,13H2,1-2H3,(H,26,27)/t18-/m1/s1. The second kappa shape index (κ2) is 7.97. The summed E-state index contributed by atoms with van der Waals surface area (Å²) in [6.07, 6.45) is 1.88. The second-order valence-electron chi connectivity index (χ2n) is 9.42. The number of aromatic nitrogens is 1. The molecule has 1 saturated heterocycles. The SMILES string of the molecule is COc1cccc(OC)c1S(=O)(=O)Nc1noc2c1CC1(CC1)c1ccc(N3CC[C@@H](O)C3=O)cc1-2. The van der Waals surface area contributed by atoms with Crippen LogP contribution in [0.15, 0.2) is 45.8 Å². The average Bonchev–Trinajstić information content (AvgIpc) is 3.43. The Balaban J connectivity index is 1.41. The van der Waals surface area contributed by atoms with Crippen molar-refractivity contribution < 1.29 is 32.3 Å². The Hall–Kier alpha value is -3.57. The predicted octanol–water partition coefficient (Wildman–Crippen LogP) is 2.84. The van der Waals surface area contributed by atoms with Crippen LogP contribution in [0.4, 0.5) is 11.5 Å². The van der Waals surface area contributed by atoms with Gasteiger partial charge in [0, 0.05) is 35.2 Å². The minimum Gasteiger partial charge on any atom is -0.495 e. The minimum atomic E-state index is -4.13. The Morgan fingerprint density at radius 2 is 1.89 bits per heavy atom. The molecule has 11 heteroatoms. The van der Waals surface area contributed by atoms with Gasteiger partial charge in [0.05, 0.1) is 14.2 Å². The summed E-state index contributed by atoms with van der Waals surface area (Å²) in [7, 11) is -1.35. The van der Waals surface area contributed by atoms with Gasteiger partial charge in [-0.15, -0.1) is 0 Å². The van der Waals surface area contributed by atoms with Crippen LogP contribution in [0.2, 0.25) is 0 Å². The zero-order chi connectivity index (χ0) is 25.2. The molecular formula is C25H25N3O7S. The van der Waals surface area contributed by atoms with Crippen LogP contribution in [0.5, 0.6) is 11.5 Å². The molecule has 1 atom stereocenters. The summed E-state index contributed by atoms with van der Waals surface area (Å²) >= 11 is 0. The monoisotopic (exact) mass is 511 g/mol. The number of amides is 1.